The average Bonchev–Trinajstić information content (AvgIpc) is 2.47. The Hall–Kier alpha value is -0.570. The van der Waals surface area contributed by atoms with E-state index in [1.165, 1.54) is 5.56 Å². The van der Waals surface area contributed by atoms with Gasteiger partial charge in [-0.2, -0.15) is 0 Å². The molecule has 1 saturated heterocycles. The molecule has 2 atom stereocenters. The topological polar surface area (TPSA) is 29.3 Å². The van der Waals surface area contributed by atoms with Crippen LogP contribution in [0.3, 0.4) is 0 Å². The van der Waals surface area contributed by atoms with Crippen molar-refractivity contribution in [3.05, 3.63) is 35.9 Å². The van der Waals surface area contributed by atoms with Crippen molar-refractivity contribution in [3.8, 4) is 0 Å². The molecule has 1 fully saturated rings. The Bertz CT molecular complexity index is 279. The van der Waals surface area contributed by atoms with E-state index in [1.807, 2.05) is 0 Å². The molecule has 1 heterocycles. The van der Waals surface area contributed by atoms with Gasteiger partial charge in [0.15, 0.2) is 0 Å². The smallest absolute Gasteiger partial charge is 0.0234 e. The van der Waals surface area contributed by atoms with Gasteiger partial charge in [0, 0.05) is 25.7 Å². The van der Waals surface area contributed by atoms with E-state index in [9.17, 15) is 0 Å². The van der Waals surface area contributed by atoms with Gasteiger partial charge in [0.25, 0.3) is 0 Å². The van der Waals surface area contributed by atoms with E-state index in [0.717, 1.165) is 19.6 Å². The Labute approximate surface area is 97.9 Å². The van der Waals surface area contributed by atoms with Gasteiger partial charge in [0.05, 0.1) is 0 Å². The molecule has 1 aliphatic rings. The maximum atomic E-state index is 5.98. The van der Waals surface area contributed by atoms with Crippen LogP contribution in [0.1, 0.15) is 12.5 Å². The van der Waals surface area contributed by atoms with Crippen LogP contribution in [0, 0.1) is 5.92 Å². The first-order chi connectivity index (χ1) is 6.75. The summed E-state index contributed by atoms with van der Waals surface area (Å²) >= 11 is 0. The highest BCUT2D eigenvalue weighted by Crippen LogP contribution is 2.16. The number of hydrogen-bond acceptors (Lipinski definition) is 2. The lowest BCUT2D eigenvalue weighted by Crippen LogP contribution is -2.28. The second kappa shape index (κ2) is 5.50. The summed E-state index contributed by atoms with van der Waals surface area (Å²) in [5.41, 5.74) is 7.36. The Balaban J connectivity index is 0.00000112. The highest BCUT2D eigenvalue weighted by Gasteiger charge is 2.25. The molecule has 1 aliphatic heterocycles. The molecule has 1 aromatic rings. The zero-order valence-electron chi connectivity index (χ0n) is 9.10. The molecule has 0 bridgehead atoms. The Morgan fingerprint density at radius 2 is 1.93 bits per heavy atom. The van der Waals surface area contributed by atoms with Gasteiger partial charge in [-0.25, -0.2) is 0 Å². The van der Waals surface area contributed by atoms with Gasteiger partial charge in [-0.1, -0.05) is 37.3 Å². The molecule has 0 saturated carbocycles. The maximum absolute atomic E-state index is 5.98. The van der Waals surface area contributed by atoms with Crippen molar-refractivity contribution >= 4 is 12.4 Å². The minimum absolute atomic E-state index is 0. The largest absolute Gasteiger partial charge is 0.326 e. The lowest BCUT2D eigenvalue weighted by Gasteiger charge is -2.14. The second-order valence-corrected chi connectivity index (χ2v) is 4.32. The molecule has 1 aromatic carbocycles. The van der Waals surface area contributed by atoms with Crippen LogP contribution < -0.4 is 5.73 Å². The summed E-state index contributed by atoms with van der Waals surface area (Å²) in [6, 6.07) is 11.0. The first kappa shape index (κ1) is 12.5. The number of benzene rings is 1. The van der Waals surface area contributed by atoms with Gasteiger partial charge in [-0.05, 0) is 11.5 Å². The number of nitrogens with two attached hydrogens (primary N) is 1. The Kier molecular flexibility index (Phi) is 4.58. The predicted octanol–water partition coefficient (Wildman–Crippen LogP) is 1.89. The standard InChI is InChI=1S/C12H18N2.ClH/c1-10-7-14(9-12(10)13)8-11-5-3-2-4-6-11;/h2-6,10,12H,7-9,13H2,1H3;1H/t10-,12-;/m1./s1. The third-order valence-corrected chi connectivity index (χ3v) is 3.00. The molecule has 2 nitrogen and oxygen atoms in total. The molecular formula is C12H19ClN2. The van der Waals surface area contributed by atoms with Gasteiger partial charge in [0.2, 0.25) is 0 Å². The first-order valence-electron chi connectivity index (χ1n) is 5.27. The lowest BCUT2D eigenvalue weighted by atomic mass is 10.1. The predicted molar refractivity (Wildman–Crippen MR) is 66.1 cm³/mol. The van der Waals surface area contributed by atoms with Crippen LogP contribution in [0.4, 0.5) is 0 Å². The summed E-state index contributed by atoms with van der Waals surface area (Å²) in [4.78, 5) is 2.44. The number of hydrogen-bond donors (Lipinski definition) is 1. The van der Waals surface area contributed by atoms with Gasteiger partial charge in [0.1, 0.15) is 0 Å². The number of halogens is 1. The molecule has 2 rings (SSSR count). The van der Waals surface area contributed by atoms with E-state index in [1.54, 1.807) is 0 Å². The van der Waals surface area contributed by atoms with E-state index < -0.39 is 0 Å². The van der Waals surface area contributed by atoms with Crippen molar-refractivity contribution in [2.75, 3.05) is 13.1 Å². The summed E-state index contributed by atoms with van der Waals surface area (Å²) in [5, 5.41) is 0. The summed E-state index contributed by atoms with van der Waals surface area (Å²) in [7, 11) is 0. The van der Waals surface area contributed by atoms with Crippen molar-refractivity contribution in [2.45, 2.75) is 19.5 Å². The van der Waals surface area contributed by atoms with E-state index in [2.05, 4.69) is 42.2 Å². The fraction of sp³-hybridized carbons (Fsp3) is 0.500. The summed E-state index contributed by atoms with van der Waals surface area (Å²) in [6.45, 7) is 5.45. The van der Waals surface area contributed by atoms with E-state index in [-0.39, 0.29) is 12.4 Å². The molecule has 0 unspecified atom stereocenters. The third kappa shape index (κ3) is 3.20. The zero-order chi connectivity index (χ0) is 9.97. The molecule has 84 valence electrons. The minimum atomic E-state index is 0. The van der Waals surface area contributed by atoms with Gasteiger partial charge in [-0.15, -0.1) is 12.4 Å². The molecule has 3 heteroatoms. The van der Waals surface area contributed by atoms with Gasteiger partial charge in [-0.3, -0.25) is 4.90 Å². The fourth-order valence-corrected chi connectivity index (χ4v) is 2.07. The van der Waals surface area contributed by atoms with Crippen LogP contribution in [-0.4, -0.2) is 24.0 Å². The minimum Gasteiger partial charge on any atom is -0.326 e. The molecule has 0 aromatic heterocycles. The Morgan fingerprint density at radius 3 is 2.47 bits per heavy atom. The normalized spacial score (nSPS) is 26.3. The van der Waals surface area contributed by atoms with Crippen molar-refractivity contribution in [1.29, 1.82) is 0 Å². The summed E-state index contributed by atoms with van der Waals surface area (Å²) < 4.78 is 0. The van der Waals surface area contributed by atoms with E-state index >= 15 is 0 Å². The Morgan fingerprint density at radius 1 is 1.27 bits per heavy atom. The zero-order valence-corrected chi connectivity index (χ0v) is 9.91. The van der Waals surface area contributed by atoms with Crippen molar-refractivity contribution in [2.24, 2.45) is 11.7 Å². The molecule has 2 N–H and O–H groups in total. The van der Waals surface area contributed by atoms with Crippen LogP contribution in [0.5, 0.6) is 0 Å². The van der Waals surface area contributed by atoms with Gasteiger partial charge >= 0.3 is 0 Å². The van der Waals surface area contributed by atoms with Crippen LogP contribution in [0.15, 0.2) is 30.3 Å². The molecule has 0 radical (unpaired) electrons. The number of rotatable bonds is 2. The van der Waals surface area contributed by atoms with Crippen LogP contribution in [0.2, 0.25) is 0 Å². The van der Waals surface area contributed by atoms with Crippen molar-refractivity contribution in [1.82, 2.24) is 4.90 Å². The monoisotopic (exact) mass is 226 g/mol. The molecule has 0 aliphatic carbocycles. The highest BCUT2D eigenvalue weighted by atomic mass is 35.5. The quantitative estimate of drug-likeness (QED) is 0.835. The van der Waals surface area contributed by atoms with Crippen LogP contribution in [-0.2, 0) is 6.54 Å². The number of nitrogens with zero attached hydrogens (tertiary/aromatic N) is 1. The van der Waals surface area contributed by atoms with E-state index in [4.69, 9.17) is 5.73 Å². The molecule has 0 spiro atoms. The highest BCUT2D eigenvalue weighted by molar-refractivity contribution is 5.85. The lowest BCUT2D eigenvalue weighted by molar-refractivity contribution is 0.319. The fourth-order valence-electron chi connectivity index (χ4n) is 2.07. The van der Waals surface area contributed by atoms with E-state index in [0.29, 0.717) is 12.0 Å². The summed E-state index contributed by atoms with van der Waals surface area (Å²) in [6.07, 6.45) is 0. The average molecular weight is 227 g/mol. The van der Waals surface area contributed by atoms with Crippen LogP contribution in [0.25, 0.3) is 0 Å². The molecule has 0 amide bonds. The van der Waals surface area contributed by atoms with Gasteiger partial charge < -0.3 is 5.73 Å². The van der Waals surface area contributed by atoms with Crippen molar-refractivity contribution < 1.29 is 0 Å². The second-order valence-electron chi connectivity index (χ2n) is 4.32. The molecular weight excluding hydrogens is 208 g/mol. The SMILES string of the molecule is C[C@@H]1CN(Cc2ccccc2)C[C@H]1N.Cl. The number of likely N-dealkylation sites (tertiary alicyclic amines) is 1. The van der Waals surface area contributed by atoms with Crippen molar-refractivity contribution in [3.63, 3.8) is 0 Å². The summed E-state index contributed by atoms with van der Waals surface area (Å²) in [5.74, 6) is 0.638. The van der Waals surface area contributed by atoms with Crippen LogP contribution >= 0.6 is 12.4 Å². The maximum Gasteiger partial charge on any atom is 0.0234 e. The first-order valence-corrected chi connectivity index (χ1v) is 5.27. The third-order valence-electron chi connectivity index (χ3n) is 3.00. The molecule has 15 heavy (non-hydrogen) atoms.